The summed E-state index contributed by atoms with van der Waals surface area (Å²) < 4.78 is 0. The van der Waals surface area contributed by atoms with Crippen LogP contribution in [0.25, 0.3) is 0 Å². The van der Waals surface area contributed by atoms with E-state index in [1.807, 2.05) is 6.26 Å². The Morgan fingerprint density at radius 3 is 2.14 bits per heavy atom. The number of aliphatic hydroxyl groups excluding tert-OH is 1. The van der Waals surface area contributed by atoms with Gasteiger partial charge >= 0.3 is 5.97 Å². The summed E-state index contributed by atoms with van der Waals surface area (Å²) in [6, 6.07) is -3.59. The number of aliphatic hydroxyl groups is 1. The van der Waals surface area contributed by atoms with Gasteiger partial charge in [-0.3, -0.25) is 24.0 Å². The first-order valence-corrected chi connectivity index (χ1v) is 10.2. The van der Waals surface area contributed by atoms with E-state index in [1.165, 1.54) is 18.7 Å². The molecule has 0 bridgehead atoms. The summed E-state index contributed by atoms with van der Waals surface area (Å²) in [4.78, 5) is 58.4. The van der Waals surface area contributed by atoms with Gasteiger partial charge in [-0.2, -0.15) is 11.8 Å². The number of nitrogens with one attached hydrogen (secondary N) is 3. The van der Waals surface area contributed by atoms with Crippen LogP contribution in [0.4, 0.5) is 0 Å². The van der Waals surface area contributed by atoms with Crippen molar-refractivity contribution >= 4 is 41.4 Å². The number of carboxylic acid groups (broad SMARTS) is 1. The van der Waals surface area contributed by atoms with Gasteiger partial charge in [0.25, 0.3) is 0 Å². The standard InChI is InChI=1S/C16H29N5O7S/c1-8(22)13(21-14(26)9(17)5-6-29-2)16(28)20-10(3-4-11(18)23)15(27)19-7-12(24)25/h8-10,13,22H,3-7,17H2,1-2H3,(H2,18,23)(H,19,27)(H,20,28)(H,21,26)(H,24,25). The minimum absolute atomic E-state index is 0.194. The Balaban J connectivity index is 5.15. The fourth-order valence-electron chi connectivity index (χ4n) is 2.14. The molecule has 0 radical (unpaired) electrons. The van der Waals surface area contributed by atoms with Crippen LogP contribution in [0.15, 0.2) is 0 Å². The first-order valence-electron chi connectivity index (χ1n) is 8.80. The zero-order valence-electron chi connectivity index (χ0n) is 16.3. The summed E-state index contributed by atoms with van der Waals surface area (Å²) in [6.07, 6.45) is 0.445. The molecule has 0 fully saturated rings. The van der Waals surface area contributed by atoms with E-state index in [2.05, 4.69) is 16.0 Å². The van der Waals surface area contributed by atoms with Gasteiger partial charge in [-0.15, -0.1) is 0 Å². The molecule has 0 aliphatic rings. The van der Waals surface area contributed by atoms with E-state index in [0.29, 0.717) is 12.2 Å². The molecule has 0 heterocycles. The summed E-state index contributed by atoms with van der Waals surface area (Å²) >= 11 is 1.49. The maximum absolute atomic E-state index is 12.5. The van der Waals surface area contributed by atoms with Gasteiger partial charge in [0.05, 0.1) is 12.1 Å². The molecule has 0 saturated heterocycles. The fraction of sp³-hybridized carbons (Fsp3) is 0.688. The van der Waals surface area contributed by atoms with Crippen molar-refractivity contribution in [3.05, 3.63) is 0 Å². The molecule has 0 aromatic carbocycles. The molecule has 4 unspecified atom stereocenters. The van der Waals surface area contributed by atoms with Crippen LogP contribution in [-0.2, 0) is 24.0 Å². The van der Waals surface area contributed by atoms with Gasteiger partial charge in [-0.05, 0) is 31.8 Å². The quantitative estimate of drug-likeness (QED) is 0.147. The number of hydrogen-bond acceptors (Lipinski definition) is 8. The topological polar surface area (TPSA) is 214 Å². The molecule has 0 spiro atoms. The van der Waals surface area contributed by atoms with Crippen LogP contribution in [0.3, 0.4) is 0 Å². The van der Waals surface area contributed by atoms with E-state index in [4.69, 9.17) is 16.6 Å². The molecular weight excluding hydrogens is 406 g/mol. The van der Waals surface area contributed by atoms with Gasteiger partial charge in [0.2, 0.25) is 23.6 Å². The summed E-state index contributed by atoms with van der Waals surface area (Å²) in [5, 5.41) is 25.2. The number of carboxylic acids is 1. The van der Waals surface area contributed by atoms with Crippen LogP contribution < -0.4 is 27.4 Å². The van der Waals surface area contributed by atoms with Gasteiger partial charge < -0.3 is 37.6 Å². The minimum Gasteiger partial charge on any atom is -0.480 e. The van der Waals surface area contributed by atoms with E-state index in [9.17, 15) is 29.1 Å². The van der Waals surface area contributed by atoms with Crippen LogP contribution >= 0.6 is 11.8 Å². The fourth-order valence-corrected chi connectivity index (χ4v) is 2.63. The number of carbonyl (C=O) groups excluding carboxylic acids is 4. The Bertz CT molecular complexity index is 602. The third-order valence-electron chi connectivity index (χ3n) is 3.76. The summed E-state index contributed by atoms with van der Waals surface area (Å²) in [5.41, 5.74) is 10.8. The SMILES string of the molecule is CSCCC(N)C(=O)NC(C(=O)NC(CCC(N)=O)C(=O)NCC(=O)O)C(C)O. The lowest BCUT2D eigenvalue weighted by atomic mass is 10.1. The smallest absolute Gasteiger partial charge is 0.322 e. The van der Waals surface area contributed by atoms with Crippen molar-refractivity contribution in [2.75, 3.05) is 18.6 Å². The number of amides is 4. The maximum Gasteiger partial charge on any atom is 0.322 e. The molecule has 0 saturated carbocycles. The molecule has 166 valence electrons. The Hall–Kier alpha value is -2.38. The Morgan fingerprint density at radius 1 is 1.03 bits per heavy atom. The van der Waals surface area contributed by atoms with Crippen LogP contribution in [0.1, 0.15) is 26.2 Å². The van der Waals surface area contributed by atoms with Gasteiger partial charge in [-0.1, -0.05) is 0 Å². The van der Waals surface area contributed by atoms with Crippen molar-refractivity contribution in [2.45, 2.75) is 50.4 Å². The van der Waals surface area contributed by atoms with E-state index in [1.54, 1.807) is 0 Å². The van der Waals surface area contributed by atoms with Gasteiger partial charge in [0, 0.05) is 6.42 Å². The Kier molecular flexibility index (Phi) is 12.6. The zero-order chi connectivity index (χ0) is 22.6. The second kappa shape index (κ2) is 13.7. The monoisotopic (exact) mass is 435 g/mol. The molecule has 4 amide bonds. The highest BCUT2D eigenvalue weighted by Gasteiger charge is 2.31. The summed E-state index contributed by atoms with van der Waals surface area (Å²) in [7, 11) is 0. The molecule has 9 N–H and O–H groups in total. The second-order valence-corrected chi connectivity index (χ2v) is 7.28. The third kappa shape index (κ3) is 11.3. The predicted octanol–water partition coefficient (Wildman–Crippen LogP) is -3.12. The summed E-state index contributed by atoms with van der Waals surface area (Å²) in [5.74, 6) is -3.80. The zero-order valence-corrected chi connectivity index (χ0v) is 17.2. The normalized spacial score (nSPS) is 14.8. The average molecular weight is 436 g/mol. The highest BCUT2D eigenvalue weighted by molar-refractivity contribution is 7.98. The second-order valence-electron chi connectivity index (χ2n) is 6.29. The molecule has 0 aromatic rings. The summed E-state index contributed by atoms with van der Waals surface area (Å²) in [6.45, 7) is 0.573. The third-order valence-corrected chi connectivity index (χ3v) is 4.40. The first-order chi connectivity index (χ1) is 13.5. The number of thioether (sulfide) groups is 1. The van der Waals surface area contributed by atoms with Crippen LogP contribution in [-0.4, -0.2) is 82.6 Å². The van der Waals surface area contributed by atoms with Crippen molar-refractivity contribution in [3.63, 3.8) is 0 Å². The molecule has 12 nitrogen and oxygen atoms in total. The van der Waals surface area contributed by atoms with E-state index in [-0.39, 0.29) is 12.8 Å². The van der Waals surface area contributed by atoms with Crippen LogP contribution in [0.5, 0.6) is 0 Å². The van der Waals surface area contributed by atoms with Crippen molar-refractivity contribution in [1.29, 1.82) is 0 Å². The lowest BCUT2D eigenvalue weighted by Gasteiger charge is -2.25. The molecule has 0 aromatic heterocycles. The molecule has 0 aliphatic carbocycles. The van der Waals surface area contributed by atoms with Crippen molar-refractivity contribution in [3.8, 4) is 0 Å². The van der Waals surface area contributed by atoms with E-state index < -0.39 is 60.4 Å². The number of hydrogen-bond donors (Lipinski definition) is 7. The van der Waals surface area contributed by atoms with Gasteiger partial charge in [0.15, 0.2) is 0 Å². The molecule has 29 heavy (non-hydrogen) atoms. The van der Waals surface area contributed by atoms with Gasteiger partial charge in [0.1, 0.15) is 18.6 Å². The maximum atomic E-state index is 12.5. The largest absolute Gasteiger partial charge is 0.480 e. The molecule has 0 rings (SSSR count). The first kappa shape index (κ1) is 26.6. The number of nitrogens with two attached hydrogens (primary N) is 2. The van der Waals surface area contributed by atoms with Crippen molar-refractivity contribution in [1.82, 2.24) is 16.0 Å². The average Bonchev–Trinajstić information content (AvgIpc) is 2.64. The van der Waals surface area contributed by atoms with Gasteiger partial charge in [-0.25, -0.2) is 0 Å². The lowest BCUT2D eigenvalue weighted by molar-refractivity contribution is -0.139. The van der Waals surface area contributed by atoms with E-state index in [0.717, 1.165) is 0 Å². The Labute approximate surface area is 172 Å². The molecule has 13 heteroatoms. The highest BCUT2D eigenvalue weighted by atomic mass is 32.2. The van der Waals surface area contributed by atoms with Crippen molar-refractivity contribution in [2.24, 2.45) is 11.5 Å². The van der Waals surface area contributed by atoms with Crippen LogP contribution in [0.2, 0.25) is 0 Å². The minimum atomic E-state index is -1.41. The number of rotatable bonds is 14. The van der Waals surface area contributed by atoms with E-state index >= 15 is 0 Å². The number of aliphatic carboxylic acids is 1. The molecule has 4 atom stereocenters. The van der Waals surface area contributed by atoms with Crippen molar-refractivity contribution < 1.29 is 34.2 Å². The molecular formula is C16H29N5O7S. The highest BCUT2D eigenvalue weighted by Crippen LogP contribution is 2.03. The molecule has 0 aliphatic heterocycles. The van der Waals surface area contributed by atoms with Crippen LogP contribution in [0, 0.1) is 0 Å². The number of carbonyl (C=O) groups is 5. The number of primary amides is 1. The lowest BCUT2D eigenvalue weighted by Crippen LogP contribution is -2.59. The predicted molar refractivity (Wildman–Crippen MR) is 106 cm³/mol. The Morgan fingerprint density at radius 2 is 1.66 bits per heavy atom.